The number of piperidine rings is 1. The quantitative estimate of drug-likeness (QED) is 0.359. The van der Waals surface area contributed by atoms with Gasteiger partial charge in [-0.1, -0.05) is 12.1 Å². The highest BCUT2D eigenvalue weighted by Gasteiger charge is 2.21. The lowest BCUT2D eigenvalue weighted by atomic mass is 10.0. The average Bonchev–Trinajstić information content (AvgIpc) is 2.94. The first-order valence-electron chi connectivity index (χ1n) is 12.3. The minimum absolute atomic E-state index is 0.351. The Morgan fingerprint density at radius 1 is 0.750 bits per heavy atom. The molecule has 1 aromatic heterocycles. The van der Waals surface area contributed by atoms with Gasteiger partial charge in [-0.15, -0.1) is 10.2 Å². The Morgan fingerprint density at radius 3 is 2.00 bits per heavy atom. The minimum atomic E-state index is 0.351. The number of hydrogen-bond acceptors (Lipinski definition) is 7. The Labute approximate surface area is 212 Å². The van der Waals surface area contributed by atoms with Crippen molar-refractivity contribution in [1.82, 2.24) is 15.1 Å². The van der Waals surface area contributed by atoms with E-state index >= 15 is 0 Å². The number of methoxy groups -OCH3 is 3. The zero-order valence-electron chi connectivity index (χ0n) is 21.0. The van der Waals surface area contributed by atoms with Crippen LogP contribution in [0.15, 0.2) is 66.7 Å². The molecule has 1 fully saturated rings. The molecule has 0 atom stereocenters. The van der Waals surface area contributed by atoms with Crippen LogP contribution in [0.4, 0.5) is 5.82 Å². The van der Waals surface area contributed by atoms with Gasteiger partial charge in [0.2, 0.25) is 0 Å². The van der Waals surface area contributed by atoms with Crippen LogP contribution in [0.25, 0.3) is 22.0 Å². The molecule has 186 valence electrons. The van der Waals surface area contributed by atoms with Gasteiger partial charge >= 0.3 is 0 Å². The summed E-state index contributed by atoms with van der Waals surface area (Å²) >= 11 is 0. The van der Waals surface area contributed by atoms with E-state index in [0.717, 1.165) is 77.6 Å². The summed E-state index contributed by atoms with van der Waals surface area (Å²) in [6, 6.07) is 22.7. The van der Waals surface area contributed by atoms with E-state index in [2.05, 4.69) is 38.6 Å². The number of rotatable bonds is 8. The van der Waals surface area contributed by atoms with Crippen molar-refractivity contribution in [2.75, 3.05) is 39.7 Å². The van der Waals surface area contributed by atoms with Crippen LogP contribution in [-0.2, 0) is 6.54 Å². The Kier molecular flexibility index (Phi) is 7.18. The highest BCUT2D eigenvalue weighted by Crippen LogP contribution is 2.34. The lowest BCUT2D eigenvalue weighted by Gasteiger charge is -2.32. The molecule has 0 aliphatic carbocycles. The molecule has 0 amide bonds. The molecule has 7 heteroatoms. The first kappa shape index (κ1) is 23.9. The molecule has 36 heavy (non-hydrogen) atoms. The lowest BCUT2D eigenvalue weighted by molar-refractivity contribution is 0.211. The highest BCUT2D eigenvalue weighted by atomic mass is 16.5. The summed E-state index contributed by atoms with van der Waals surface area (Å²) < 4.78 is 16.1. The van der Waals surface area contributed by atoms with Gasteiger partial charge < -0.3 is 19.5 Å². The van der Waals surface area contributed by atoms with Crippen molar-refractivity contribution in [3.8, 4) is 28.5 Å². The lowest BCUT2D eigenvalue weighted by Crippen LogP contribution is -2.38. The Bertz CT molecular complexity index is 1300. The fourth-order valence-corrected chi connectivity index (χ4v) is 4.75. The van der Waals surface area contributed by atoms with Crippen molar-refractivity contribution in [3.05, 3.63) is 72.3 Å². The number of anilines is 1. The van der Waals surface area contributed by atoms with Crippen LogP contribution < -0.4 is 19.5 Å². The third-order valence-corrected chi connectivity index (χ3v) is 6.84. The van der Waals surface area contributed by atoms with Crippen LogP contribution in [0.2, 0.25) is 0 Å². The van der Waals surface area contributed by atoms with Crippen molar-refractivity contribution in [2.45, 2.75) is 25.4 Å². The predicted molar refractivity (Wildman–Crippen MR) is 143 cm³/mol. The number of ether oxygens (including phenoxy) is 3. The van der Waals surface area contributed by atoms with Gasteiger partial charge in [-0.25, -0.2) is 0 Å². The van der Waals surface area contributed by atoms with Gasteiger partial charge in [-0.3, -0.25) is 4.90 Å². The largest absolute Gasteiger partial charge is 0.497 e. The van der Waals surface area contributed by atoms with E-state index in [-0.39, 0.29) is 0 Å². The van der Waals surface area contributed by atoms with Gasteiger partial charge in [-0.2, -0.15) is 0 Å². The molecule has 0 unspecified atom stereocenters. The Balaban J connectivity index is 1.31. The number of likely N-dealkylation sites (tertiary alicyclic amines) is 1. The zero-order chi connectivity index (χ0) is 24.9. The fourth-order valence-electron chi connectivity index (χ4n) is 4.75. The van der Waals surface area contributed by atoms with Crippen molar-refractivity contribution < 1.29 is 14.2 Å². The molecule has 3 aromatic carbocycles. The van der Waals surface area contributed by atoms with Crippen LogP contribution >= 0.6 is 0 Å². The van der Waals surface area contributed by atoms with Gasteiger partial charge in [-0.05, 0) is 73.0 Å². The molecule has 1 aliphatic heterocycles. The number of aromatic nitrogens is 2. The summed E-state index contributed by atoms with van der Waals surface area (Å²) in [4.78, 5) is 2.50. The molecule has 0 bridgehead atoms. The first-order valence-corrected chi connectivity index (χ1v) is 12.3. The molecule has 0 saturated carbocycles. The van der Waals surface area contributed by atoms with Crippen LogP contribution in [0.3, 0.4) is 0 Å². The van der Waals surface area contributed by atoms with Gasteiger partial charge in [0.25, 0.3) is 0 Å². The normalized spacial score (nSPS) is 14.5. The van der Waals surface area contributed by atoms with Gasteiger partial charge in [0.15, 0.2) is 5.82 Å². The van der Waals surface area contributed by atoms with E-state index in [9.17, 15) is 0 Å². The summed E-state index contributed by atoms with van der Waals surface area (Å²) in [5, 5.41) is 15.0. The molecule has 0 radical (unpaired) electrons. The van der Waals surface area contributed by atoms with E-state index in [0.29, 0.717) is 6.04 Å². The van der Waals surface area contributed by atoms with Crippen molar-refractivity contribution >= 4 is 16.6 Å². The third kappa shape index (κ3) is 5.21. The molecular formula is C29H32N4O3. The van der Waals surface area contributed by atoms with E-state index in [1.807, 2.05) is 48.5 Å². The number of hydrogen-bond donors (Lipinski definition) is 1. The summed E-state index contributed by atoms with van der Waals surface area (Å²) in [7, 11) is 5.05. The second kappa shape index (κ2) is 10.8. The minimum Gasteiger partial charge on any atom is -0.497 e. The summed E-state index contributed by atoms with van der Waals surface area (Å²) in [6.07, 6.45) is 2.10. The Hall–Kier alpha value is -3.84. The summed E-state index contributed by atoms with van der Waals surface area (Å²) in [6.45, 7) is 3.02. The SMILES string of the molecule is COc1ccc(CN2CCC(Nc3nnc(-c4ccc(OC)cc4)c4cc(OC)ccc34)CC2)cc1. The van der Waals surface area contributed by atoms with Crippen molar-refractivity contribution in [1.29, 1.82) is 0 Å². The van der Waals surface area contributed by atoms with Gasteiger partial charge in [0.1, 0.15) is 22.9 Å². The van der Waals surface area contributed by atoms with Crippen molar-refractivity contribution in [2.24, 2.45) is 0 Å². The molecule has 1 aliphatic rings. The number of fused-ring (bicyclic) bond motifs is 1. The summed E-state index contributed by atoms with van der Waals surface area (Å²) in [5.41, 5.74) is 3.12. The number of nitrogens with zero attached hydrogens (tertiary/aromatic N) is 3. The second-order valence-electron chi connectivity index (χ2n) is 9.08. The average molecular weight is 485 g/mol. The van der Waals surface area contributed by atoms with Gasteiger partial charge in [0.05, 0.1) is 21.3 Å². The van der Waals surface area contributed by atoms with E-state index in [4.69, 9.17) is 14.2 Å². The molecule has 4 aromatic rings. The predicted octanol–water partition coefficient (Wildman–Crippen LogP) is 5.40. The standard InChI is InChI=1S/C29H32N4O3/c1-34-23-8-4-20(5-9-23)19-33-16-14-22(15-17-33)30-29-26-13-12-25(36-3)18-27(26)28(31-32-29)21-6-10-24(35-2)11-7-21/h4-13,18,22H,14-17,19H2,1-3H3,(H,30,32). The van der Waals surface area contributed by atoms with Crippen LogP contribution in [0.1, 0.15) is 18.4 Å². The maximum Gasteiger partial charge on any atom is 0.156 e. The molecule has 1 saturated heterocycles. The Morgan fingerprint density at radius 2 is 1.36 bits per heavy atom. The van der Waals surface area contributed by atoms with E-state index in [1.165, 1.54) is 5.56 Å². The second-order valence-corrected chi connectivity index (χ2v) is 9.08. The zero-order valence-corrected chi connectivity index (χ0v) is 21.0. The van der Waals surface area contributed by atoms with E-state index in [1.54, 1.807) is 21.3 Å². The van der Waals surface area contributed by atoms with Crippen LogP contribution in [-0.4, -0.2) is 55.6 Å². The molecular weight excluding hydrogens is 452 g/mol. The summed E-state index contributed by atoms with van der Waals surface area (Å²) in [5.74, 6) is 3.32. The number of nitrogens with one attached hydrogen (secondary N) is 1. The maximum atomic E-state index is 5.51. The maximum absolute atomic E-state index is 5.51. The first-order chi connectivity index (χ1) is 17.7. The molecule has 5 rings (SSSR count). The van der Waals surface area contributed by atoms with Crippen LogP contribution in [0, 0.1) is 0 Å². The molecule has 0 spiro atoms. The molecule has 7 nitrogen and oxygen atoms in total. The monoisotopic (exact) mass is 484 g/mol. The number of benzene rings is 3. The smallest absolute Gasteiger partial charge is 0.156 e. The van der Waals surface area contributed by atoms with E-state index < -0.39 is 0 Å². The van der Waals surface area contributed by atoms with Gasteiger partial charge in [0, 0.05) is 42.0 Å². The molecule has 1 N–H and O–H groups in total. The van der Waals surface area contributed by atoms with Crippen molar-refractivity contribution in [3.63, 3.8) is 0 Å². The third-order valence-electron chi connectivity index (χ3n) is 6.84. The topological polar surface area (TPSA) is 68.7 Å². The fraction of sp³-hybridized carbons (Fsp3) is 0.310. The molecule has 2 heterocycles. The van der Waals surface area contributed by atoms with Crippen LogP contribution in [0.5, 0.6) is 17.2 Å². The highest BCUT2D eigenvalue weighted by molar-refractivity contribution is 6.00.